The molecule has 0 aromatic heterocycles. The van der Waals surface area contributed by atoms with Crippen molar-refractivity contribution in [1.82, 2.24) is 14.2 Å². The highest BCUT2D eigenvalue weighted by Gasteiger charge is 2.49. The van der Waals surface area contributed by atoms with Crippen molar-refractivity contribution >= 4 is 22.3 Å². The third-order valence-corrected chi connectivity index (χ3v) is 7.17. The first-order chi connectivity index (χ1) is 13.2. The van der Waals surface area contributed by atoms with Gasteiger partial charge in [-0.1, -0.05) is 0 Å². The monoisotopic (exact) mass is 412 g/mol. The average Bonchev–Trinajstić information content (AvgIpc) is 3.07. The molecule has 0 aliphatic carbocycles. The van der Waals surface area contributed by atoms with Crippen LogP contribution in [-0.4, -0.2) is 67.3 Å². The second-order valence-electron chi connectivity index (χ2n) is 7.90. The van der Waals surface area contributed by atoms with Crippen LogP contribution in [-0.2, 0) is 10.0 Å². The molecule has 2 amide bonds. The van der Waals surface area contributed by atoms with Crippen molar-refractivity contribution in [2.75, 3.05) is 32.4 Å². The van der Waals surface area contributed by atoms with E-state index in [4.69, 9.17) is 0 Å². The number of benzene rings is 1. The molecule has 1 spiro atoms. The average molecular weight is 412 g/mol. The quantitative estimate of drug-likeness (QED) is 0.747. The minimum absolute atomic E-state index is 0.0548. The van der Waals surface area contributed by atoms with Crippen LogP contribution >= 0.6 is 0 Å². The number of hydrogen-bond donors (Lipinski definition) is 0. The Hall–Kier alpha value is -2.07. The van der Waals surface area contributed by atoms with E-state index in [0.29, 0.717) is 51.0 Å². The Kier molecular flexibility index (Phi) is 4.65. The number of piperidine rings is 1. The molecule has 4 rings (SSSR count). The van der Waals surface area contributed by atoms with Crippen molar-refractivity contribution in [3.8, 4) is 0 Å². The van der Waals surface area contributed by atoms with E-state index in [1.807, 2.05) is 0 Å². The van der Waals surface area contributed by atoms with Gasteiger partial charge in [-0.15, -0.1) is 0 Å². The fourth-order valence-electron chi connectivity index (χ4n) is 4.29. The summed E-state index contributed by atoms with van der Waals surface area (Å²) in [5.41, 5.74) is 0.320. The number of halogens is 2. The number of carbonyl (C=O) groups excluding carboxylic acids is 1. The van der Waals surface area contributed by atoms with E-state index in [9.17, 15) is 22.0 Å². The molecule has 2 fully saturated rings. The van der Waals surface area contributed by atoms with Crippen molar-refractivity contribution in [1.29, 1.82) is 0 Å². The lowest BCUT2D eigenvalue weighted by Gasteiger charge is -2.54. The van der Waals surface area contributed by atoms with Gasteiger partial charge in [-0.3, -0.25) is 0 Å². The number of carbonyl (C=O) groups is 1. The second-order valence-corrected chi connectivity index (χ2v) is 9.88. The van der Waals surface area contributed by atoms with Crippen LogP contribution in [0.3, 0.4) is 0 Å². The van der Waals surface area contributed by atoms with E-state index in [-0.39, 0.29) is 11.4 Å². The molecule has 0 unspecified atom stereocenters. The molecule has 0 saturated carbocycles. The van der Waals surface area contributed by atoms with Gasteiger partial charge in [0.25, 0.3) is 0 Å². The number of rotatable bonds is 2. The first-order valence-electron chi connectivity index (χ1n) is 9.19. The fraction of sp³-hybridized carbons (Fsp3) is 0.556. The number of hydrazone groups is 1. The zero-order chi connectivity index (χ0) is 20.1. The Morgan fingerprint density at radius 2 is 1.75 bits per heavy atom. The largest absolute Gasteiger partial charge is 0.341 e. The summed E-state index contributed by atoms with van der Waals surface area (Å²) in [5.74, 6) is -1.37. The molecule has 152 valence electrons. The third kappa shape index (κ3) is 3.50. The van der Waals surface area contributed by atoms with Crippen molar-refractivity contribution < 1.29 is 22.0 Å². The predicted octanol–water partition coefficient (Wildman–Crippen LogP) is 2.17. The highest BCUT2D eigenvalue weighted by atomic mass is 32.2. The van der Waals surface area contributed by atoms with Gasteiger partial charge < -0.3 is 4.90 Å². The van der Waals surface area contributed by atoms with Crippen LogP contribution in [0.1, 0.15) is 30.9 Å². The summed E-state index contributed by atoms with van der Waals surface area (Å²) >= 11 is 0. The molecule has 2 saturated heterocycles. The van der Waals surface area contributed by atoms with Gasteiger partial charge in [-0.2, -0.15) is 5.10 Å². The minimum Gasteiger partial charge on any atom is -0.322 e. The van der Waals surface area contributed by atoms with Gasteiger partial charge in [0.2, 0.25) is 10.0 Å². The zero-order valence-electron chi connectivity index (χ0n) is 15.5. The summed E-state index contributed by atoms with van der Waals surface area (Å²) in [6.07, 6.45) is 4.61. The third-order valence-electron chi connectivity index (χ3n) is 5.87. The molecule has 0 radical (unpaired) electrons. The second kappa shape index (κ2) is 6.77. The summed E-state index contributed by atoms with van der Waals surface area (Å²) in [7, 11) is -3.18. The zero-order valence-corrected chi connectivity index (χ0v) is 16.3. The van der Waals surface area contributed by atoms with Gasteiger partial charge in [0.1, 0.15) is 11.6 Å². The van der Waals surface area contributed by atoms with E-state index in [2.05, 4.69) is 5.10 Å². The molecule has 1 aromatic rings. The van der Waals surface area contributed by atoms with Gasteiger partial charge >= 0.3 is 6.03 Å². The number of likely N-dealkylation sites (tertiary alicyclic amines) is 1. The van der Waals surface area contributed by atoms with Crippen molar-refractivity contribution in [2.45, 2.75) is 25.3 Å². The lowest BCUT2D eigenvalue weighted by Crippen LogP contribution is -2.63. The number of hydrogen-bond acceptors (Lipinski definition) is 4. The Morgan fingerprint density at radius 3 is 2.32 bits per heavy atom. The Labute approximate surface area is 162 Å². The molecule has 28 heavy (non-hydrogen) atoms. The highest BCUT2D eigenvalue weighted by molar-refractivity contribution is 7.88. The molecule has 3 aliphatic heterocycles. The summed E-state index contributed by atoms with van der Waals surface area (Å²) in [6.45, 7) is 2.02. The highest BCUT2D eigenvalue weighted by Crippen LogP contribution is 2.42. The SMILES string of the molecule is CS(=O)(=O)N1CCC2(CC1)CN(C(=O)N1N=CC[C@H]1c1cc(F)cc(F)c1)C2. The van der Waals surface area contributed by atoms with Crippen molar-refractivity contribution in [3.63, 3.8) is 0 Å². The lowest BCUT2D eigenvalue weighted by molar-refractivity contribution is -0.0189. The molecule has 3 heterocycles. The van der Waals surface area contributed by atoms with Gasteiger partial charge in [0.05, 0.1) is 12.3 Å². The van der Waals surface area contributed by atoms with Crippen molar-refractivity contribution in [3.05, 3.63) is 35.4 Å². The molecule has 1 atom stereocenters. The maximum Gasteiger partial charge on any atom is 0.341 e. The molecule has 7 nitrogen and oxygen atoms in total. The summed E-state index contributed by atoms with van der Waals surface area (Å²) in [6, 6.07) is 2.43. The lowest BCUT2D eigenvalue weighted by atomic mass is 9.72. The van der Waals surface area contributed by atoms with E-state index in [1.165, 1.54) is 27.7 Å². The minimum atomic E-state index is -3.18. The molecule has 3 aliphatic rings. The number of nitrogens with zero attached hydrogens (tertiary/aromatic N) is 4. The van der Waals surface area contributed by atoms with Gasteiger partial charge in [0, 0.05) is 50.3 Å². The number of sulfonamides is 1. The first-order valence-corrected chi connectivity index (χ1v) is 11.0. The Morgan fingerprint density at radius 1 is 1.14 bits per heavy atom. The predicted molar refractivity (Wildman–Crippen MR) is 99.1 cm³/mol. The van der Waals surface area contributed by atoms with Crippen LogP contribution in [0.25, 0.3) is 0 Å². The van der Waals surface area contributed by atoms with Gasteiger partial charge in [0.15, 0.2) is 0 Å². The summed E-state index contributed by atoms with van der Waals surface area (Å²) in [5, 5.41) is 5.40. The molecular weight excluding hydrogens is 390 g/mol. The topological polar surface area (TPSA) is 73.3 Å². The van der Waals surface area contributed by atoms with Crippen LogP contribution < -0.4 is 0 Å². The van der Waals surface area contributed by atoms with Crippen LogP contribution in [0.15, 0.2) is 23.3 Å². The van der Waals surface area contributed by atoms with Crippen LogP contribution in [0.4, 0.5) is 13.6 Å². The molecular formula is C18H22F2N4O3S. The van der Waals surface area contributed by atoms with E-state index >= 15 is 0 Å². The van der Waals surface area contributed by atoms with Crippen LogP contribution in [0.5, 0.6) is 0 Å². The number of urea groups is 1. The summed E-state index contributed by atoms with van der Waals surface area (Å²) in [4.78, 5) is 14.5. The first kappa shape index (κ1) is 19.3. The van der Waals surface area contributed by atoms with E-state index in [1.54, 1.807) is 11.1 Å². The maximum absolute atomic E-state index is 13.6. The van der Waals surface area contributed by atoms with Crippen LogP contribution in [0.2, 0.25) is 0 Å². The number of amides is 2. The molecule has 0 bridgehead atoms. The van der Waals surface area contributed by atoms with E-state index < -0.39 is 27.7 Å². The molecule has 10 heteroatoms. The normalized spacial score (nSPS) is 24.6. The fourth-order valence-corrected chi connectivity index (χ4v) is 5.14. The smallest absolute Gasteiger partial charge is 0.322 e. The molecule has 0 N–H and O–H groups in total. The van der Waals surface area contributed by atoms with Gasteiger partial charge in [-0.25, -0.2) is 31.3 Å². The van der Waals surface area contributed by atoms with Gasteiger partial charge in [-0.05, 0) is 30.5 Å². The van der Waals surface area contributed by atoms with E-state index in [0.717, 1.165) is 6.07 Å². The summed E-state index contributed by atoms with van der Waals surface area (Å²) < 4.78 is 51.9. The Bertz CT molecular complexity index is 901. The van der Waals surface area contributed by atoms with Crippen molar-refractivity contribution in [2.24, 2.45) is 10.5 Å². The standard InChI is InChI=1S/C18H22F2N4O3S/c1-28(26,27)23-6-3-18(4-7-23)11-22(12-18)17(25)24-16(2-5-21-24)13-8-14(19)10-15(20)9-13/h5,8-10,16H,2-4,6-7,11-12H2,1H3/t16-/m0/s1. The maximum atomic E-state index is 13.6. The van der Waals surface area contributed by atoms with Crippen LogP contribution in [0, 0.1) is 17.0 Å². The Balaban J connectivity index is 1.40. The molecule has 1 aromatic carbocycles.